The van der Waals surface area contributed by atoms with Gasteiger partial charge in [-0.05, 0) is 20.8 Å². The van der Waals surface area contributed by atoms with Crippen molar-refractivity contribution in [3.8, 4) is 10.6 Å². The van der Waals surface area contributed by atoms with E-state index in [0.29, 0.717) is 13.2 Å². The summed E-state index contributed by atoms with van der Waals surface area (Å²) in [6, 6.07) is 10.0. The van der Waals surface area contributed by atoms with Gasteiger partial charge in [-0.25, -0.2) is 4.98 Å². The summed E-state index contributed by atoms with van der Waals surface area (Å²) in [6.45, 7) is 6.71. The Balaban J connectivity index is 1.56. The number of rotatable bonds is 5. The Morgan fingerprint density at radius 2 is 2.12 bits per heavy atom. The first-order valence-electron chi connectivity index (χ1n) is 8.03. The molecule has 0 aliphatic carbocycles. The van der Waals surface area contributed by atoms with Crippen LogP contribution in [0.3, 0.4) is 0 Å². The number of nitrogens with zero attached hydrogens (tertiary/aromatic N) is 1. The number of hydrogen-bond donors (Lipinski definition) is 1. The van der Waals surface area contributed by atoms with Crippen molar-refractivity contribution in [2.75, 3.05) is 13.2 Å². The van der Waals surface area contributed by atoms with Gasteiger partial charge in [0.15, 0.2) is 5.79 Å². The maximum absolute atomic E-state index is 12.2. The number of benzene rings is 1. The first kappa shape index (κ1) is 17.1. The molecule has 0 saturated carbocycles. The number of aromatic nitrogens is 1. The molecule has 1 unspecified atom stereocenters. The smallest absolute Gasteiger partial charge is 0.226 e. The summed E-state index contributed by atoms with van der Waals surface area (Å²) in [5.41, 5.74) is 1.91. The molecule has 1 aromatic heterocycles. The lowest BCUT2D eigenvalue weighted by Crippen LogP contribution is -2.35. The van der Waals surface area contributed by atoms with E-state index >= 15 is 0 Å². The average molecular weight is 346 g/mol. The molecule has 1 aliphatic rings. The number of aryl methyl sites for hydroxylation is 1. The highest BCUT2D eigenvalue weighted by Gasteiger charge is 2.32. The number of hydrogen-bond acceptors (Lipinski definition) is 5. The normalized spacial score (nSPS) is 19.4. The van der Waals surface area contributed by atoms with Gasteiger partial charge in [0.2, 0.25) is 5.91 Å². The molecule has 3 rings (SSSR count). The molecule has 128 valence electrons. The summed E-state index contributed by atoms with van der Waals surface area (Å²) in [7, 11) is 0. The van der Waals surface area contributed by atoms with Gasteiger partial charge in [0, 0.05) is 17.0 Å². The van der Waals surface area contributed by atoms with Crippen molar-refractivity contribution in [3.63, 3.8) is 0 Å². The fourth-order valence-electron chi connectivity index (χ4n) is 2.60. The number of ether oxygens (including phenoxy) is 2. The first-order chi connectivity index (χ1) is 11.4. The van der Waals surface area contributed by atoms with Gasteiger partial charge < -0.3 is 14.8 Å². The second-order valence-electron chi connectivity index (χ2n) is 6.32. The Bertz CT molecular complexity index is 712. The second kappa shape index (κ2) is 7.01. The van der Waals surface area contributed by atoms with Gasteiger partial charge in [0.25, 0.3) is 0 Å². The fourth-order valence-corrected chi connectivity index (χ4v) is 3.54. The maximum Gasteiger partial charge on any atom is 0.226 e. The van der Waals surface area contributed by atoms with Crippen molar-refractivity contribution in [2.24, 2.45) is 0 Å². The van der Waals surface area contributed by atoms with Gasteiger partial charge >= 0.3 is 0 Å². The van der Waals surface area contributed by atoms with E-state index < -0.39 is 5.79 Å². The molecule has 1 aliphatic heterocycles. The number of nitrogens with one attached hydrogen (secondary N) is 1. The van der Waals surface area contributed by atoms with Crippen molar-refractivity contribution in [1.82, 2.24) is 10.3 Å². The van der Waals surface area contributed by atoms with Gasteiger partial charge in [0.1, 0.15) is 11.1 Å². The molecule has 1 atom stereocenters. The van der Waals surface area contributed by atoms with Crippen LogP contribution >= 0.6 is 11.3 Å². The quantitative estimate of drug-likeness (QED) is 0.904. The molecule has 0 bridgehead atoms. The highest BCUT2D eigenvalue weighted by atomic mass is 32.1. The minimum absolute atomic E-state index is 0.0451. The van der Waals surface area contributed by atoms with Crippen molar-refractivity contribution in [1.29, 1.82) is 0 Å². The zero-order valence-corrected chi connectivity index (χ0v) is 15.0. The van der Waals surface area contributed by atoms with Crippen molar-refractivity contribution < 1.29 is 14.3 Å². The van der Waals surface area contributed by atoms with E-state index in [9.17, 15) is 4.79 Å². The van der Waals surface area contributed by atoms with E-state index in [-0.39, 0.29) is 18.4 Å². The lowest BCUT2D eigenvalue weighted by Gasteiger charge is -2.17. The predicted octanol–water partition coefficient (Wildman–Crippen LogP) is 2.93. The fraction of sp³-hybridized carbons (Fsp3) is 0.444. The third-order valence-corrected chi connectivity index (χ3v) is 4.90. The summed E-state index contributed by atoms with van der Waals surface area (Å²) < 4.78 is 11.2. The minimum atomic E-state index is -0.564. The molecular formula is C18H22N2O3S. The third-order valence-electron chi connectivity index (χ3n) is 3.84. The number of carbonyl (C=O) groups excluding carboxylic acids is 1. The average Bonchev–Trinajstić information content (AvgIpc) is 3.09. The summed E-state index contributed by atoms with van der Waals surface area (Å²) in [6.07, 6.45) is 0.187. The molecule has 0 spiro atoms. The summed E-state index contributed by atoms with van der Waals surface area (Å²) in [4.78, 5) is 17.9. The molecule has 2 aromatic rings. The number of amides is 1. The SMILES string of the molecule is Cc1sc(-c2ccccc2)nc1CC(=O)NCC1COC(C)(C)O1. The Morgan fingerprint density at radius 3 is 2.79 bits per heavy atom. The van der Waals surface area contributed by atoms with Gasteiger partial charge in [0.05, 0.1) is 18.7 Å². The zero-order valence-electron chi connectivity index (χ0n) is 14.2. The molecule has 0 radical (unpaired) electrons. The summed E-state index contributed by atoms with van der Waals surface area (Å²) >= 11 is 1.62. The third kappa shape index (κ3) is 4.20. The zero-order chi connectivity index (χ0) is 17.2. The van der Waals surface area contributed by atoms with Crippen LogP contribution in [0.25, 0.3) is 10.6 Å². The lowest BCUT2D eigenvalue weighted by molar-refractivity contribution is -0.139. The largest absolute Gasteiger partial charge is 0.353 e. The highest BCUT2D eigenvalue weighted by molar-refractivity contribution is 7.15. The van der Waals surface area contributed by atoms with E-state index in [1.807, 2.05) is 51.1 Å². The molecule has 1 N–H and O–H groups in total. The van der Waals surface area contributed by atoms with Crippen LogP contribution in [0.4, 0.5) is 0 Å². The molecule has 24 heavy (non-hydrogen) atoms. The Hall–Kier alpha value is -1.76. The molecule has 5 nitrogen and oxygen atoms in total. The van der Waals surface area contributed by atoms with Gasteiger partial charge in [-0.1, -0.05) is 30.3 Å². The molecule has 1 fully saturated rings. The van der Waals surface area contributed by atoms with Crippen LogP contribution in [-0.4, -0.2) is 35.9 Å². The second-order valence-corrected chi connectivity index (χ2v) is 7.52. The first-order valence-corrected chi connectivity index (χ1v) is 8.85. The minimum Gasteiger partial charge on any atom is -0.353 e. The highest BCUT2D eigenvalue weighted by Crippen LogP contribution is 2.27. The Labute approximate surface area is 146 Å². The lowest BCUT2D eigenvalue weighted by atomic mass is 10.2. The monoisotopic (exact) mass is 346 g/mol. The number of carbonyl (C=O) groups is 1. The van der Waals surface area contributed by atoms with E-state index in [1.54, 1.807) is 11.3 Å². The molecular weight excluding hydrogens is 324 g/mol. The van der Waals surface area contributed by atoms with Gasteiger partial charge in [-0.2, -0.15) is 0 Å². The molecule has 1 aromatic carbocycles. The molecule has 1 amide bonds. The van der Waals surface area contributed by atoms with Gasteiger partial charge in [-0.15, -0.1) is 11.3 Å². The summed E-state index contributed by atoms with van der Waals surface area (Å²) in [5, 5.41) is 3.86. The van der Waals surface area contributed by atoms with Crippen LogP contribution in [-0.2, 0) is 20.7 Å². The standard InChI is InChI=1S/C18H22N2O3S/c1-12-15(20-17(24-12)13-7-5-4-6-8-13)9-16(21)19-10-14-11-22-18(2,3)23-14/h4-8,14H,9-11H2,1-3H3,(H,19,21). The van der Waals surface area contributed by atoms with E-state index in [0.717, 1.165) is 21.1 Å². The predicted molar refractivity (Wildman–Crippen MR) is 93.9 cm³/mol. The van der Waals surface area contributed by atoms with Crippen LogP contribution in [0.15, 0.2) is 30.3 Å². The van der Waals surface area contributed by atoms with Crippen LogP contribution in [0, 0.1) is 6.92 Å². The van der Waals surface area contributed by atoms with Gasteiger partial charge in [-0.3, -0.25) is 4.79 Å². The van der Waals surface area contributed by atoms with Crippen LogP contribution < -0.4 is 5.32 Å². The van der Waals surface area contributed by atoms with Crippen molar-refractivity contribution in [2.45, 2.75) is 39.1 Å². The van der Waals surface area contributed by atoms with Crippen molar-refractivity contribution >= 4 is 17.2 Å². The maximum atomic E-state index is 12.2. The van der Waals surface area contributed by atoms with E-state index in [2.05, 4.69) is 10.3 Å². The van der Waals surface area contributed by atoms with Crippen LogP contribution in [0.2, 0.25) is 0 Å². The van der Waals surface area contributed by atoms with Crippen LogP contribution in [0.1, 0.15) is 24.4 Å². The Morgan fingerprint density at radius 1 is 1.38 bits per heavy atom. The molecule has 1 saturated heterocycles. The molecule has 2 heterocycles. The van der Waals surface area contributed by atoms with Crippen LogP contribution in [0.5, 0.6) is 0 Å². The Kier molecular flexibility index (Phi) is 4.99. The van der Waals surface area contributed by atoms with E-state index in [4.69, 9.17) is 9.47 Å². The summed E-state index contributed by atoms with van der Waals surface area (Å²) in [5.74, 6) is -0.609. The molecule has 6 heteroatoms. The number of thiazole rings is 1. The topological polar surface area (TPSA) is 60.5 Å². The van der Waals surface area contributed by atoms with Crippen molar-refractivity contribution in [3.05, 3.63) is 40.9 Å². The van der Waals surface area contributed by atoms with E-state index in [1.165, 1.54) is 0 Å².